The number of carbonyl (C=O) groups excluding carboxylic acids is 2. The molecule has 4 rings (SSSR count). The summed E-state index contributed by atoms with van der Waals surface area (Å²) in [5.74, 6) is 0.527. The molecular formula is C27H24N2O5S. The van der Waals surface area contributed by atoms with Crippen LogP contribution < -0.4 is 24.4 Å². The van der Waals surface area contributed by atoms with Crippen LogP contribution in [-0.2, 0) is 16.2 Å². The zero-order chi connectivity index (χ0) is 24.8. The Kier molecular flexibility index (Phi) is 7.42. The van der Waals surface area contributed by atoms with E-state index in [-0.39, 0.29) is 10.7 Å². The number of anilines is 1. The van der Waals surface area contributed by atoms with E-state index < -0.39 is 11.8 Å². The SMILES string of the molecule is CCOc1cccc(N2C(=O)/C(=C/c3ccc(OCc4ccccc4)c(OC)c3)C(=O)NC2=S)c1. The first-order chi connectivity index (χ1) is 17.0. The maximum atomic E-state index is 13.3. The number of hydrogen-bond acceptors (Lipinski definition) is 6. The highest BCUT2D eigenvalue weighted by molar-refractivity contribution is 7.80. The van der Waals surface area contributed by atoms with Gasteiger partial charge in [0.15, 0.2) is 16.6 Å². The second kappa shape index (κ2) is 10.8. The summed E-state index contributed by atoms with van der Waals surface area (Å²) in [5.41, 5.74) is 2.07. The van der Waals surface area contributed by atoms with Crippen LogP contribution in [-0.4, -0.2) is 30.6 Å². The number of nitrogens with one attached hydrogen (secondary N) is 1. The first kappa shape index (κ1) is 24.0. The van der Waals surface area contributed by atoms with Gasteiger partial charge in [-0.25, -0.2) is 0 Å². The molecule has 0 aliphatic carbocycles. The van der Waals surface area contributed by atoms with Gasteiger partial charge in [0.25, 0.3) is 11.8 Å². The minimum absolute atomic E-state index is 0.00744. The number of benzene rings is 3. The van der Waals surface area contributed by atoms with Gasteiger partial charge in [0.2, 0.25) is 0 Å². The summed E-state index contributed by atoms with van der Waals surface area (Å²) < 4.78 is 16.9. The van der Waals surface area contributed by atoms with E-state index in [2.05, 4.69) is 5.32 Å². The van der Waals surface area contributed by atoms with Crippen molar-refractivity contribution < 1.29 is 23.8 Å². The maximum absolute atomic E-state index is 13.3. The van der Waals surface area contributed by atoms with Crippen molar-refractivity contribution in [3.05, 3.63) is 89.5 Å². The van der Waals surface area contributed by atoms with Gasteiger partial charge >= 0.3 is 0 Å². The molecule has 1 heterocycles. The topological polar surface area (TPSA) is 77.1 Å². The summed E-state index contributed by atoms with van der Waals surface area (Å²) in [6.07, 6.45) is 1.50. The van der Waals surface area contributed by atoms with Crippen LogP contribution in [0.15, 0.2) is 78.4 Å². The number of thiocarbonyl (C=S) groups is 1. The van der Waals surface area contributed by atoms with Gasteiger partial charge in [-0.1, -0.05) is 42.5 Å². The average molecular weight is 489 g/mol. The standard InChI is InChI=1S/C27H24N2O5S/c1-3-33-21-11-7-10-20(16-21)29-26(31)22(25(30)28-27(29)35)14-19-12-13-23(24(15-19)32-2)34-17-18-8-5-4-6-9-18/h4-16H,3,17H2,1-2H3,(H,28,30,35)/b22-14+. The zero-order valence-electron chi connectivity index (χ0n) is 19.3. The highest BCUT2D eigenvalue weighted by atomic mass is 32.1. The van der Waals surface area contributed by atoms with Crippen LogP contribution in [0.2, 0.25) is 0 Å². The Hall–Kier alpha value is -4.17. The number of hydrogen-bond donors (Lipinski definition) is 1. The highest BCUT2D eigenvalue weighted by Gasteiger charge is 2.34. The molecule has 0 atom stereocenters. The van der Waals surface area contributed by atoms with E-state index in [1.807, 2.05) is 37.3 Å². The molecule has 1 saturated heterocycles. The van der Waals surface area contributed by atoms with Crippen molar-refractivity contribution in [3.8, 4) is 17.2 Å². The predicted octanol–water partition coefficient (Wildman–Crippen LogP) is 4.50. The lowest BCUT2D eigenvalue weighted by Gasteiger charge is -2.29. The van der Waals surface area contributed by atoms with Gasteiger partial charge in [-0.05, 0) is 60.6 Å². The zero-order valence-corrected chi connectivity index (χ0v) is 20.1. The monoisotopic (exact) mass is 488 g/mol. The van der Waals surface area contributed by atoms with Gasteiger partial charge in [0, 0.05) is 6.07 Å². The van der Waals surface area contributed by atoms with E-state index in [1.165, 1.54) is 18.1 Å². The number of rotatable bonds is 8. The maximum Gasteiger partial charge on any atom is 0.270 e. The van der Waals surface area contributed by atoms with Crippen LogP contribution in [0.3, 0.4) is 0 Å². The molecule has 0 unspecified atom stereocenters. The summed E-state index contributed by atoms with van der Waals surface area (Å²) in [7, 11) is 1.53. The molecule has 178 valence electrons. The van der Waals surface area contributed by atoms with Crippen molar-refractivity contribution in [1.29, 1.82) is 0 Å². The predicted molar refractivity (Wildman–Crippen MR) is 138 cm³/mol. The summed E-state index contributed by atoms with van der Waals surface area (Å²) in [4.78, 5) is 27.2. The van der Waals surface area contributed by atoms with Gasteiger partial charge in [-0.3, -0.25) is 19.8 Å². The molecule has 7 nitrogen and oxygen atoms in total. The van der Waals surface area contributed by atoms with Gasteiger partial charge in [0.1, 0.15) is 17.9 Å². The molecule has 0 aromatic heterocycles. The van der Waals surface area contributed by atoms with E-state index in [0.717, 1.165) is 5.56 Å². The summed E-state index contributed by atoms with van der Waals surface area (Å²) in [5, 5.41) is 2.60. The number of ether oxygens (including phenoxy) is 3. The molecular weight excluding hydrogens is 464 g/mol. The van der Waals surface area contributed by atoms with Crippen molar-refractivity contribution in [2.75, 3.05) is 18.6 Å². The fourth-order valence-corrected chi connectivity index (χ4v) is 3.85. The molecule has 1 aliphatic rings. The number of methoxy groups -OCH3 is 1. The molecule has 1 N–H and O–H groups in total. The van der Waals surface area contributed by atoms with Gasteiger partial charge in [-0.2, -0.15) is 0 Å². The minimum Gasteiger partial charge on any atom is -0.494 e. The van der Waals surface area contributed by atoms with Crippen LogP contribution in [0.4, 0.5) is 5.69 Å². The van der Waals surface area contributed by atoms with Crippen molar-refractivity contribution in [3.63, 3.8) is 0 Å². The Morgan fingerprint density at radius 1 is 0.943 bits per heavy atom. The number of nitrogens with zero attached hydrogens (tertiary/aromatic N) is 1. The lowest BCUT2D eigenvalue weighted by atomic mass is 10.1. The van der Waals surface area contributed by atoms with Crippen LogP contribution in [0.1, 0.15) is 18.1 Å². The molecule has 0 spiro atoms. The molecule has 3 aromatic carbocycles. The third-order valence-electron chi connectivity index (χ3n) is 5.22. The Balaban J connectivity index is 1.59. The van der Waals surface area contributed by atoms with Crippen molar-refractivity contribution in [2.45, 2.75) is 13.5 Å². The van der Waals surface area contributed by atoms with Crippen LogP contribution >= 0.6 is 12.2 Å². The highest BCUT2D eigenvalue weighted by Crippen LogP contribution is 2.31. The number of carbonyl (C=O) groups is 2. The number of amides is 2. The normalized spacial score (nSPS) is 14.6. The Morgan fingerprint density at radius 3 is 2.49 bits per heavy atom. The third-order valence-corrected chi connectivity index (χ3v) is 5.51. The average Bonchev–Trinajstić information content (AvgIpc) is 2.86. The van der Waals surface area contributed by atoms with E-state index in [0.29, 0.717) is 41.7 Å². The van der Waals surface area contributed by atoms with Crippen LogP contribution in [0.5, 0.6) is 17.2 Å². The van der Waals surface area contributed by atoms with Crippen molar-refractivity contribution >= 4 is 40.9 Å². The quantitative estimate of drug-likeness (QED) is 0.286. The molecule has 0 bridgehead atoms. The van der Waals surface area contributed by atoms with Gasteiger partial charge in [0.05, 0.1) is 19.4 Å². The molecule has 35 heavy (non-hydrogen) atoms. The molecule has 3 aromatic rings. The minimum atomic E-state index is -0.569. The molecule has 1 fully saturated rings. The van der Waals surface area contributed by atoms with Gasteiger partial charge < -0.3 is 14.2 Å². The Labute approximate surface area is 208 Å². The first-order valence-corrected chi connectivity index (χ1v) is 11.4. The fraction of sp³-hybridized carbons (Fsp3) is 0.148. The van der Waals surface area contributed by atoms with Crippen molar-refractivity contribution in [2.24, 2.45) is 0 Å². The third kappa shape index (κ3) is 5.50. The van der Waals surface area contributed by atoms with Crippen LogP contribution in [0, 0.1) is 0 Å². The Bertz CT molecular complexity index is 1290. The molecule has 0 saturated carbocycles. The molecule has 0 radical (unpaired) electrons. The van der Waals surface area contributed by atoms with Crippen molar-refractivity contribution in [1.82, 2.24) is 5.32 Å². The van der Waals surface area contributed by atoms with E-state index in [1.54, 1.807) is 42.5 Å². The molecule has 1 aliphatic heterocycles. The lowest BCUT2D eigenvalue weighted by molar-refractivity contribution is -0.122. The van der Waals surface area contributed by atoms with E-state index >= 15 is 0 Å². The summed E-state index contributed by atoms with van der Waals surface area (Å²) >= 11 is 5.28. The van der Waals surface area contributed by atoms with Crippen LogP contribution in [0.25, 0.3) is 6.08 Å². The Morgan fingerprint density at radius 2 is 1.74 bits per heavy atom. The largest absolute Gasteiger partial charge is 0.494 e. The summed E-state index contributed by atoms with van der Waals surface area (Å²) in [6.45, 7) is 2.74. The van der Waals surface area contributed by atoms with E-state index in [4.69, 9.17) is 26.4 Å². The first-order valence-electron chi connectivity index (χ1n) is 11.0. The molecule has 8 heteroatoms. The fourth-order valence-electron chi connectivity index (χ4n) is 3.57. The second-order valence-corrected chi connectivity index (χ2v) is 7.96. The van der Waals surface area contributed by atoms with Gasteiger partial charge in [-0.15, -0.1) is 0 Å². The second-order valence-electron chi connectivity index (χ2n) is 7.57. The smallest absolute Gasteiger partial charge is 0.270 e. The lowest BCUT2D eigenvalue weighted by Crippen LogP contribution is -2.54. The summed E-state index contributed by atoms with van der Waals surface area (Å²) in [6, 6.07) is 21.9. The van der Waals surface area contributed by atoms with E-state index in [9.17, 15) is 9.59 Å². The molecule has 2 amide bonds.